The topological polar surface area (TPSA) is 81.3 Å². The summed E-state index contributed by atoms with van der Waals surface area (Å²) in [5.74, 6) is -0.555. The number of fused-ring (bicyclic) bond motifs is 2. The van der Waals surface area contributed by atoms with Crippen molar-refractivity contribution in [1.82, 2.24) is 4.57 Å². The number of anilines is 1. The Balaban J connectivity index is 1.84. The fourth-order valence-electron chi connectivity index (χ4n) is 3.08. The lowest BCUT2D eigenvalue weighted by Gasteiger charge is -2.12. The van der Waals surface area contributed by atoms with Crippen LogP contribution in [0, 0.1) is 0 Å². The quantitative estimate of drug-likeness (QED) is 0.554. The van der Waals surface area contributed by atoms with Gasteiger partial charge in [0, 0.05) is 18.0 Å². The molecule has 6 nitrogen and oxygen atoms in total. The number of oxazole rings is 1. The number of nitrogens with one attached hydrogen (secondary N) is 1. The molecule has 0 spiro atoms. The van der Waals surface area contributed by atoms with Crippen molar-refractivity contribution in [3.05, 3.63) is 70.2 Å². The Labute approximate surface area is 160 Å². The van der Waals surface area contributed by atoms with E-state index in [0.29, 0.717) is 17.7 Å². The molecule has 4 rings (SSSR count). The molecule has 27 heavy (non-hydrogen) atoms. The predicted octanol–water partition coefficient (Wildman–Crippen LogP) is 4.22. The molecule has 0 amide bonds. The molecule has 1 aromatic heterocycles. The predicted molar refractivity (Wildman–Crippen MR) is 106 cm³/mol. The minimum atomic E-state index is -3.99. The summed E-state index contributed by atoms with van der Waals surface area (Å²) in [5, 5.41) is 1.69. The number of nitrogens with zero attached hydrogens (tertiary/aromatic N) is 1. The zero-order valence-electron chi connectivity index (χ0n) is 14.3. The number of hydrogen-bond acceptors (Lipinski definition) is 4. The van der Waals surface area contributed by atoms with E-state index in [-0.39, 0.29) is 15.5 Å². The van der Waals surface area contributed by atoms with Crippen molar-refractivity contribution >= 4 is 49.2 Å². The molecule has 8 heteroatoms. The highest BCUT2D eigenvalue weighted by atomic mass is 35.5. The Morgan fingerprint density at radius 1 is 1.11 bits per heavy atom. The summed E-state index contributed by atoms with van der Waals surface area (Å²) in [6.45, 7) is 2.18. The van der Waals surface area contributed by atoms with Crippen LogP contribution in [-0.2, 0) is 16.6 Å². The van der Waals surface area contributed by atoms with Crippen LogP contribution in [-0.4, -0.2) is 13.0 Å². The highest BCUT2D eigenvalue weighted by Crippen LogP contribution is 2.31. The molecule has 0 aliphatic heterocycles. The second kappa shape index (κ2) is 6.44. The first-order valence-corrected chi connectivity index (χ1v) is 10.1. The van der Waals surface area contributed by atoms with E-state index in [4.69, 9.17) is 16.0 Å². The highest BCUT2D eigenvalue weighted by Gasteiger charge is 2.22. The average Bonchev–Trinajstić information content (AvgIpc) is 2.95. The zero-order chi connectivity index (χ0) is 19.2. The Hall–Kier alpha value is -2.77. The Morgan fingerprint density at radius 3 is 2.63 bits per heavy atom. The Bertz CT molecular complexity index is 1330. The van der Waals surface area contributed by atoms with Crippen LogP contribution in [0.5, 0.6) is 0 Å². The third kappa shape index (κ3) is 2.98. The number of benzene rings is 3. The molecule has 0 fully saturated rings. The maximum Gasteiger partial charge on any atom is 0.419 e. The van der Waals surface area contributed by atoms with E-state index in [9.17, 15) is 13.2 Å². The minimum absolute atomic E-state index is 0.0123. The van der Waals surface area contributed by atoms with Crippen LogP contribution in [0.2, 0.25) is 5.02 Å². The summed E-state index contributed by atoms with van der Waals surface area (Å²) in [5.41, 5.74) is 1.07. The molecule has 3 aromatic carbocycles. The number of aromatic nitrogens is 1. The van der Waals surface area contributed by atoms with Gasteiger partial charge in [0.1, 0.15) is 4.90 Å². The lowest BCUT2D eigenvalue weighted by Crippen LogP contribution is -2.14. The lowest BCUT2D eigenvalue weighted by atomic mass is 10.1. The summed E-state index contributed by atoms with van der Waals surface area (Å²) < 4.78 is 35.0. The molecule has 0 radical (unpaired) electrons. The first kappa shape index (κ1) is 17.6. The van der Waals surface area contributed by atoms with Gasteiger partial charge in [-0.2, -0.15) is 0 Å². The fourth-order valence-corrected chi connectivity index (χ4v) is 4.70. The molecule has 0 bridgehead atoms. The third-order valence-corrected chi connectivity index (χ3v) is 6.19. The molecular formula is C19H15ClN2O4S. The summed E-state index contributed by atoms with van der Waals surface area (Å²) in [7, 11) is -3.99. The molecule has 0 aliphatic rings. The number of rotatable bonds is 4. The monoisotopic (exact) mass is 402 g/mol. The van der Waals surface area contributed by atoms with Crippen molar-refractivity contribution in [2.75, 3.05) is 4.72 Å². The van der Waals surface area contributed by atoms with Crippen molar-refractivity contribution in [2.45, 2.75) is 18.4 Å². The van der Waals surface area contributed by atoms with Gasteiger partial charge in [-0.1, -0.05) is 48.0 Å². The Morgan fingerprint density at radius 2 is 1.85 bits per heavy atom. The number of halogens is 1. The van der Waals surface area contributed by atoms with Crippen molar-refractivity contribution in [2.24, 2.45) is 0 Å². The first-order valence-electron chi connectivity index (χ1n) is 8.24. The van der Waals surface area contributed by atoms with E-state index >= 15 is 0 Å². The second-order valence-corrected chi connectivity index (χ2v) is 8.05. The van der Waals surface area contributed by atoms with E-state index in [2.05, 4.69) is 4.72 Å². The molecule has 4 aromatic rings. The van der Waals surface area contributed by atoms with Crippen molar-refractivity contribution < 1.29 is 12.8 Å². The van der Waals surface area contributed by atoms with Gasteiger partial charge >= 0.3 is 5.76 Å². The second-order valence-electron chi connectivity index (χ2n) is 5.99. The minimum Gasteiger partial charge on any atom is -0.408 e. The molecule has 0 saturated carbocycles. The smallest absolute Gasteiger partial charge is 0.408 e. The summed E-state index contributed by atoms with van der Waals surface area (Å²) in [6, 6.07) is 15.5. The summed E-state index contributed by atoms with van der Waals surface area (Å²) >= 11 is 6.23. The highest BCUT2D eigenvalue weighted by molar-refractivity contribution is 7.92. The first-order chi connectivity index (χ1) is 12.9. The van der Waals surface area contributed by atoms with Gasteiger partial charge in [-0.25, -0.2) is 13.2 Å². The number of aryl methyl sites for hydroxylation is 1. The molecule has 138 valence electrons. The molecule has 0 unspecified atom stereocenters. The largest absolute Gasteiger partial charge is 0.419 e. The van der Waals surface area contributed by atoms with Gasteiger partial charge in [0.05, 0.1) is 16.2 Å². The number of sulfonamides is 1. The van der Waals surface area contributed by atoms with Crippen LogP contribution in [0.1, 0.15) is 6.92 Å². The van der Waals surface area contributed by atoms with E-state index in [1.54, 1.807) is 19.1 Å². The molecule has 0 atom stereocenters. The fraction of sp³-hybridized carbons (Fsp3) is 0.105. The standard InChI is InChI=1S/C19H15ClN2O4S/c1-2-22-16-10-14(20)18(11-17(16)26-19(22)23)27(24,25)21-15-9-5-7-12-6-3-4-8-13(12)15/h3-11,21H,2H2,1H3. The molecule has 0 saturated heterocycles. The van der Waals surface area contributed by atoms with Gasteiger partial charge in [0.2, 0.25) is 0 Å². The van der Waals surface area contributed by atoms with Crippen LogP contribution < -0.4 is 10.5 Å². The van der Waals surface area contributed by atoms with Crippen LogP contribution in [0.25, 0.3) is 21.9 Å². The van der Waals surface area contributed by atoms with Crippen LogP contribution in [0.15, 0.2) is 68.7 Å². The SMILES string of the molecule is CCn1c(=O)oc2cc(S(=O)(=O)Nc3cccc4ccccc34)c(Cl)cc21. The van der Waals surface area contributed by atoms with Gasteiger partial charge in [0.25, 0.3) is 10.0 Å². The molecule has 1 heterocycles. The van der Waals surface area contributed by atoms with Gasteiger partial charge in [-0.15, -0.1) is 0 Å². The molecule has 0 aliphatic carbocycles. The summed E-state index contributed by atoms with van der Waals surface area (Å²) in [4.78, 5) is 11.7. The van der Waals surface area contributed by atoms with E-state index in [1.807, 2.05) is 30.3 Å². The van der Waals surface area contributed by atoms with Crippen LogP contribution >= 0.6 is 11.6 Å². The van der Waals surface area contributed by atoms with Crippen molar-refractivity contribution in [1.29, 1.82) is 0 Å². The maximum absolute atomic E-state index is 12.9. The van der Waals surface area contributed by atoms with Crippen molar-refractivity contribution in [3.63, 3.8) is 0 Å². The van der Waals surface area contributed by atoms with Crippen molar-refractivity contribution in [3.8, 4) is 0 Å². The normalized spacial score (nSPS) is 11.9. The van der Waals surface area contributed by atoms with E-state index in [0.717, 1.165) is 10.8 Å². The maximum atomic E-state index is 12.9. The molecular weight excluding hydrogens is 388 g/mol. The number of hydrogen-bond donors (Lipinski definition) is 1. The van der Waals surface area contributed by atoms with Gasteiger partial charge in [0.15, 0.2) is 5.58 Å². The third-order valence-electron chi connectivity index (χ3n) is 4.36. The Kier molecular flexibility index (Phi) is 4.20. The van der Waals surface area contributed by atoms with Gasteiger partial charge in [-0.05, 0) is 24.4 Å². The van der Waals surface area contributed by atoms with Crippen LogP contribution in [0.3, 0.4) is 0 Å². The average molecular weight is 403 g/mol. The zero-order valence-corrected chi connectivity index (χ0v) is 15.8. The molecule has 1 N–H and O–H groups in total. The van der Waals surface area contributed by atoms with Gasteiger partial charge in [-0.3, -0.25) is 9.29 Å². The van der Waals surface area contributed by atoms with Crippen LogP contribution in [0.4, 0.5) is 5.69 Å². The van der Waals surface area contributed by atoms with E-state index in [1.165, 1.54) is 16.7 Å². The summed E-state index contributed by atoms with van der Waals surface area (Å²) in [6.07, 6.45) is 0. The van der Waals surface area contributed by atoms with E-state index < -0.39 is 15.8 Å². The van der Waals surface area contributed by atoms with Gasteiger partial charge < -0.3 is 4.42 Å². The lowest BCUT2D eigenvalue weighted by molar-refractivity contribution is 0.512.